The highest BCUT2D eigenvalue weighted by atomic mass is 16.6. The summed E-state index contributed by atoms with van der Waals surface area (Å²) in [5.74, 6) is 0.920. The van der Waals surface area contributed by atoms with Crippen molar-refractivity contribution in [2.45, 2.75) is 6.92 Å². The zero-order valence-corrected chi connectivity index (χ0v) is 14.2. The van der Waals surface area contributed by atoms with Gasteiger partial charge < -0.3 is 14.5 Å². The Morgan fingerprint density at radius 1 is 1.12 bits per heavy atom. The number of methoxy groups -OCH3 is 1. The molecule has 3 aromatic rings. The van der Waals surface area contributed by atoms with Crippen molar-refractivity contribution in [1.82, 2.24) is 0 Å². The van der Waals surface area contributed by atoms with Crippen LogP contribution in [0.4, 0.5) is 11.4 Å². The number of benzene rings is 2. The lowest BCUT2D eigenvalue weighted by Gasteiger charge is -2.05. The van der Waals surface area contributed by atoms with Gasteiger partial charge in [0.2, 0.25) is 0 Å². The molecule has 7 nitrogen and oxygen atoms in total. The number of nitrogens with one attached hydrogen (secondary N) is 1. The second-order valence-electron chi connectivity index (χ2n) is 5.60. The topological polar surface area (TPSA) is 94.6 Å². The average molecular weight is 352 g/mol. The van der Waals surface area contributed by atoms with Crippen LogP contribution in [0, 0.1) is 17.0 Å². The zero-order chi connectivity index (χ0) is 18.7. The molecule has 1 N–H and O–H groups in total. The van der Waals surface area contributed by atoms with Crippen LogP contribution in [0.5, 0.6) is 5.75 Å². The van der Waals surface area contributed by atoms with Gasteiger partial charge in [-0.15, -0.1) is 0 Å². The third-order valence-corrected chi connectivity index (χ3v) is 3.86. The van der Waals surface area contributed by atoms with E-state index in [4.69, 9.17) is 9.15 Å². The first-order valence-electron chi connectivity index (χ1n) is 7.78. The molecule has 0 bridgehead atoms. The minimum atomic E-state index is -0.452. The minimum Gasteiger partial charge on any atom is -0.497 e. The molecule has 0 unspecified atom stereocenters. The number of non-ortho nitro benzene ring substituents is 1. The maximum absolute atomic E-state index is 12.3. The summed E-state index contributed by atoms with van der Waals surface area (Å²) in [6.45, 7) is 1.75. The zero-order valence-electron chi connectivity index (χ0n) is 14.2. The number of carbonyl (C=O) groups is 1. The summed E-state index contributed by atoms with van der Waals surface area (Å²) < 4.78 is 10.7. The molecule has 3 rings (SSSR count). The molecule has 132 valence electrons. The van der Waals surface area contributed by atoms with Crippen molar-refractivity contribution >= 4 is 17.3 Å². The second-order valence-corrected chi connectivity index (χ2v) is 5.60. The van der Waals surface area contributed by atoms with E-state index in [2.05, 4.69) is 5.32 Å². The Morgan fingerprint density at radius 3 is 2.46 bits per heavy atom. The Hall–Kier alpha value is -3.61. The number of rotatable bonds is 5. The van der Waals surface area contributed by atoms with Crippen LogP contribution >= 0.6 is 0 Å². The van der Waals surface area contributed by atoms with Crippen molar-refractivity contribution in [3.63, 3.8) is 0 Å². The fraction of sp³-hybridized carbons (Fsp3) is 0.105. The predicted octanol–water partition coefficient (Wildman–Crippen LogP) is 4.42. The van der Waals surface area contributed by atoms with Crippen LogP contribution in [0.1, 0.15) is 16.1 Å². The van der Waals surface area contributed by atoms with E-state index >= 15 is 0 Å². The summed E-state index contributed by atoms with van der Waals surface area (Å²) >= 11 is 0. The first-order chi connectivity index (χ1) is 12.5. The van der Waals surface area contributed by atoms with E-state index in [0.29, 0.717) is 28.3 Å². The van der Waals surface area contributed by atoms with Gasteiger partial charge in [0, 0.05) is 23.4 Å². The van der Waals surface area contributed by atoms with E-state index in [-0.39, 0.29) is 17.4 Å². The average Bonchev–Trinajstić information content (AvgIpc) is 3.12. The molecule has 0 saturated carbocycles. The summed E-state index contributed by atoms with van der Waals surface area (Å²) in [4.78, 5) is 22.7. The van der Waals surface area contributed by atoms with Crippen LogP contribution in [0.25, 0.3) is 11.3 Å². The molecule has 2 aromatic carbocycles. The van der Waals surface area contributed by atoms with Crippen molar-refractivity contribution in [3.05, 3.63) is 76.0 Å². The Kier molecular flexibility index (Phi) is 4.70. The molecule has 0 aliphatic rings. The van der Waals surface area contributed by atoms with Crippen molar-refractivity contribution in [1.29, 1.82) is 0 Å². The Balaban J connectivity index is 1.78. The standard InChI is InChI=1S/C19H16N2O5/c1-12-11-14(21(23)24)5-8-16(12)17-9-10-18(26-17)19(22)20-13-3-6-15(25-2)7-4-13/h3-11H,1-2H3,(H,20,22). The number of nitrogens with zero attached hydrogens (tertiary/aromatic N) is 1. The van der Waals surface area contributed by atoms with Crippen LogP contribution in [0.3, 0.4) is 0 Å². The molecule has 1 heterocycles. The molecule has 0 aliphatic heterocycles. The lowest BCUT2D eigenvalue weighted by atomic mass is 10.1. The first-order valence-corrected chi connectivity index (χ1v) is 7.78. The summed E-state index contributed by atoms with van der Waals surface area (Å²) in [5, 5.41) is 13.6. The van der Waals surface area contributed by atoms with Crippen molar-refractivity contribution in [2.75, 3.05) is 12.4 Å². The van der Waals surface area contributed by atoms with Gasteiger partial charge in [0.05, 0.1) is 12.0 Å². The number of hydrogen-bond donors (Lipinski definition) is 1. The molecular weight excluding hydrogens is 336 g/mol. The molecule has 0 radical (unpaired) electrons. The summed E-state index contributed by atoms with van der Waals surface area (Å²) in [6.07, 6.45) is 0. The second kappa shape index (κ2) is 7.10. The number of amides is 1. The van der Waals surface area contributed by atoms with Crippen LogP contribution in [0.2, 0.25) is 0 Å². The summed E-state index contributed by atoms with van der Waals surface area (Å²) in [6, 6.07) is 14.6. The molecule has 26 heavy (non-hydrogen) atoms. The van der Waals surface area contributed by atoms with Gasteiger partial charge >= 0.3 is 0 Å². The number of ether oxygens (including phenoxy) is 1. The molecule has 0 fully saturated rings. The number of furan rings is 1. The number of carbonyl (C=O) groups excluding carboxylic acids is 1. The molecule has 0 atom stereocenters. The predicted molar refractivity (Wildman–Crippen MR) is 96.5 cm³/mol. The van der Waals surface area contributed by atoms with Gasteiger partial charge in [-0.2, -0.15) is 0 Å². The largest absolute Gasteiger partial charge is 0.497 e. The summed E-state index contributed by atoms with van der Waals surface area (Å²) in [5.41, 5.74) is 2.00. The number of nitro benzene ring substituents is 1. The van der Waals surface area contributed by atoms with Gasteiger partial charge in [-0.3, -0.25) is 14.9 Å². The van der Waals surface area contributed by atoms with E-state index in [1.165, 1.54) is 12.1 Å². The van der Waals surface area contributed by atoms with E-state index in [1.54, 1.807) is 56.5 Å². The van der Waals surface area contributed by atoms with Crippen LogP contribution in [-0.4, -0.2) is 17.9 Å². The smallest absolute Gasteiger partial charge is 0.291 e. The first kappa shape index (κ1) is 17.2. The van der Waals surface area contributed by atoms with E-state index in [1.807, 2.05) is 0 Å². The van der Waals surface area contributed by atoms with Crippen molar-refractivity contribution < 1.29 is 18.9 Å². The van der Waals surface area contributed by atoms with Gasteiger partial charge in [-0.05, 0) is 55.0 Å². The molecule has 1 aromatic heterocycles. The maximum atomic E-state index is 12.3. The minimum absolute atomic E-state index is 0.00952. The van der Waals surface area contributed by atoms with Gasteiger partial charge in [-0.1, -0.05) is 0 Å². The molecule has 1 amide bonds. The lowest BCUT2D eigenvalue weighted by molar-refractivity contribution is -0.384. The van der Waals surface area contributed by atoms with E-state index in [0.717, 1.165) is 0 Å². The summed E-state index contributed by atoms with van der Waals surface area (Å²) in [7, 11) is 1.57. The number of hydrogen-bond acceptors (Lipinski definition) is 5. The number of aryl methyl sites for hydroxylation is 1. The third kappa shape index (κ3) is 3.56. The Bertz CT molecular complexity index is 960. The van der Waals surface area contributed by atoms with Gasteiger partial charge in [0.1, 0.15) is 11.5 Å². The molecular formula is C19H16N2O5. The highest BCUT2D eigenvalue weighted by Gasteiger charge is 2.15. The third-order valence-electron chi connectivity index (χ3n) is 3.86. The maximum Gasteiger partial charge on any atom is 0.291 e. The number of anilines is 1. The van der Waals surface area contributed by atoms with E-state index < -0.39 is 4.92 Å². The van der Waals surface area contributed by atoms with E-state index in [9.17, 15) is 14.9 Å². The molecule has 0 aliphatic carbocycles. The highest BCUT2D eigenvalue weighted by molar-refractivity contribution is 6.02. The highest BCUT2D eigenvalue weighted by Crippen LogP contribution is 2.28. The van der Waals surface area contributed by atoms with Crippen LogP contribution in [0.15, 0.2) is 59.0 Å². The van der Waals surface area contributed by atoms with Gasteiger partial charge in [0.15, 0.2) is 5.76 Å². The number of nitro groups is 1. The van der Waals surface area contributed by atoms with Crippen molar-refractivity contribution in [3.8, 4) is 17.1 Å². The van der Waals surface area contributed by atoms with Crippen LogP contribution < -0.4 is 10.1 Å². The lowest BCUT2D eigenvalue weighted by Crippen LogP contribution is -2.10. The Labute approximate surface area is 149 Å². The molecule has 0 saturated heterocycles. The van der Waals surface area contributed by atoms with Gasteiger partial charge in [0.25, 0.3) is 11.6 Å². The SMILES string of the molecule is COc1ccc(NC(=O)c2ccc(-c3ccc([N+](=O)[O-])cc3C)o2)cc1. The Morgan fingerprint density at radius 2 is 1.85 bits per heavy atom. The molecule has 0 spiro atoms. The quantitative estimate of drug-likeness (QED) is 0.541. The van der Waals surface area contributed by atoms with Gasteiger partial charge in [-0.25, -0.2) is 0 Å². The molecule has 7 heteroatoms. The fourth-order valence-corrected chi connectivity index (χ4v) is 2.51. The van der Waals surface area contributed by atoms with Crippen molar-refractivity contribution in [2.24, 2.45) is 0 Å². The normalized spacial score (nSPS) is 10.4. The van der Waals surface area contributed by atoms with Crippen LogP contribution in [-0.2, 0) is 0 Å². The fourth-order valence-electron chi connectivity index (χ4n) is 2.51. The monoisotopic (exact) mass is 352 g/mol.